The quantitative estimate of drug-likeness (QED) is 0.863. The molecule has 1 aromatic rings. The first-order valence-electron chi connectivity index (χ1n) is 6.57. The summed E-state index contributed by atoms with van der Waals surface area (Å²) >= 11 is 0. The normalized spacial score (nSPS) is 30.4. The lowest BCUT2D eigenvalue weighted by molar-refractivity contribution is -0.269. The highest BCUT2D eigenvalue weighted by atomic mass is 19.4. The van der Waals surface area contributed by atoms with Gasteiger partial charge < -0.3 is 9.52 Å². The van der Waals surface area contributed by atoms with E-state index in [-0.39, 0.29) is 12.3 Å². The zero-order valence-electron chi connectivity index (χ0n) is 10.9. The minimum Gasteiger partial charge on any atom is -0.444 e. The van der Waals surface area contributed by atoms with Crippen LogP contribution in [0.5, 0.6) is 0 Å². The average Bonchev–Trinajstić information content (AvgIpc) is 2.92. The molecule has 0 unspecified atom stereocenters. The number of alkyl halides is 3. The van der Waals surface area contributed by atoms with E-state index in [0.717, 1.165) is 6.42 Å². The highest BCUT2D eigenvalue weighted by molar-refractivity contribution is 5.92. The molecule has 2 heterocycles. The third-order valence-electron chi connectivity index (χ3n) is 3.97. The fourth-order valence-corrected chi connectivity index (χ4v) is 2.97. The van der Waals surface area contributed by atoms with Crippen molar-refractivity contribution in [3.63, 3.8) is 0 Å². The Morgan fingerprint density at radius 1 is 1.40 bits per heavy atom. The van der Waals surface area contributed by atoms with Crippen LogP contribution < -0.4 is 5.01 Å². The van der Waals surface area contributed by atoms with Gasteiger partial charge in [-0.1, -0.05) is 6.42 Å². The molecule has 1 aliphatic carbocycles. The van der Waals surface area contributed by atoms with Gasteiger partial charge >= 0.3 is 6.18 Å². The maximum atomic E-state index is 13.5. The van der Waals surface area contributed by atoms with E-state index in [9.17, 15) is 18.3 Å². The van der Waals surface area contributed by atoms with Crippen molar-refractivity contribution in [1.29, 1.82) is 0 Å². The standard InChI is InChI=1S/C13H15F3N2O2/c1-8-6-7-11(20-8)18-12(19,13(14,15)16)9-4-2-3-5-10(9)17-18/h6-7,9,19H,2-5H2,1H3/t9-,12+/m1/s1. The fraction of sp³-hybridized carbons (Fsp3) is 0.615. The summed E-state index contributed by atoms with van der Waals surface area (Å²) in [7, 11) is 0. The van der Waals surface area contributed by atoms with Gasteiger partial charge in [-0.2, -0.15) is 23.3 Å². The summed E-state index contributed by atoms with van der Waals surface area (Å²) in [5.74, 6) is -0.620. The number of anilines is 1. The third kappa shape index (κ3) is 1.76. The molecule has 0 spiro atoms. The maximum absolute atomic E-state index is 13.5. The van der Waals surface area contributed by atoms with Crippen molar-refractivity contribution >= 4 is 11.6 Å². The summed E-state index contributed by atoms with van der Waals surface area (Å²) in [6.07, 6.45) is -2.58. The summed E-state index contributed by atoms with van der Waals surface area (Å²) in [6.45, 7) is 1.63. The summed E-state index contributed by atoms with van der Waals surface area (Å²) in [4.78, 5) is 0. The topological polar surface area (TPSA) is 49.0 Å². The van der Waals surface area contributed by atoms with Crippen molar-refractivity contribution in [3.05, 3.63) is 17.9 Å². The van der Waals surface area contributed by atoms with E-state index >= 15 is 0 Å². The Balaban J connectivity index is 2.08. The van der Waals surface area contributed by atoms with Crippen molar-refractivity contribution < 1.29 is 22.7 Å². The Morgan fingerprint density at radius 2 is 2.15 bits per heavy atom. The molecule has 1 saturated carbocycles. The fourth-order valence-electron chi connectivity index (χ4n) is 2.97. The van der Waals surface area contributed by atoms with Crippen molar-refractivity contribution in [2.24, 2.45) is 11.0 Å². The Hall–Kier alpha value is -1.50. The minimum absolute atomic E-state index is 0.0794. The van der Waals surface area contributed by atoms with E-state index in [1.165, 1.54) is 6.07 Å². The molecule has 1 N–H and O–H groups in total. The van der Waals surface area contributed by atoms with Gasteiger partial charge in [0.15, 0.2) is 0 Å². The molecular weight excluding hydrogens is 273 g/mol. The third-order valence-corrected chi connectivity index (χ3v) is 3.97. The van der Waals surface area contributed by atoms with Gasteiger partial charge in [0.2, 0.25) is 5.88 Å². The highest BCUT2D eigenvalue weighted by Crippen LogP contribution is 2.49. The van der Waals surface area contributed by atoms with E-state index in [2.05, 4.69) is 5.10 Å². The van der Waals surface area contributed by atoms with Crippen LogP contribution >= 0.6 is 0 Å². The molecule has 7 heteroatoms. The van der Waals surface area contributed by atoms with Crippen molar-refractivity contribution in [2.75, 3.05) is 5.01 Å². The molecule has 110 valence electrons. The van der Waals surface area contributed by atoms with Gasteiger partial charge in [-0.05, 0) is 32.3 Å². The number of furan rings is 1. The Kier molecular flexibility index (Phi) is 2.86. The Labute approximate surface area is 113 Å². The van der Waals surface area contributed by atoms with E-state index in [0.29, 0.717) is 29.3 Å². The smallest absolute Gasteiger partial charge is 0.439 e. The van der Waals surface area contributed by atoms with Crippen LogP contribution in [-0.4, -0.2) is 22.7 Å². The summed E-state index contributed by atoms with van der Waals surface area (Å²) in [6, 6.07) is 2.95. The number of hydrogen-bond donors (Lipinski definition) is 1. The van der Waals surface area contributed by atoms with Crippen LogP contribution in [0.3, 0.4) is 0 Å². The number of hydrazone groups is 1. The molecule has 0 aromatic carbocycles. The summed E-state index contributed by atoms with van der Waals surface area (Å²) in [5.41, 5.74) is -2.60. The molecule has 4 nitrogen and oxygen atoms in total. The van der Waals surface area contributed by atoms with Gasteiger partial charge in [-0.25, -0.2) is 0 Å². The second kappa shape index (κ2) is 4.25. The Morgan fingerprint density at radius 3 is 2.75 bits per heavy atom. The Bertz CT molecular complexity index is 552. The SMILES string of the molecule is Cc1ccc(N2N=C3CCCC[C@H]3[C@]2(O)C(F)(F)F)o1. The molecule has 0 radical (unpaired) electrons. The maximum Gasteiger partial charge on any atom is 0.439 e. The summed E-state index contributed by atoms with van der Waals surface area (Å²) < 4.78 is 45.6. The van der Waals surface area contributed by atoms with Crippen LogP contribution in [0.25, 0.3) is 0 Å². The van der Waals surface area contributed by atoms with Gasteiger partial charge in [0.1, 0.15) is 5.76 Å². The largest absolute Gasteiger partial charge is 0.444 e. The molecule has 0 bridgehead atoms. The van der Waals surface area contributed by atoms with Crippen molar-refractivity contribution in [2.45, 2.75) is 44.5 Å². The zero-order valence-corrected chi connectivity index (χ0v) is 10.9. The number of rotatable bonds is 1. The molecule has 0 saturated heterocycles. The minimum atomic E-state index is -4.80. The summed E-state index contributed by atoms with van der Waals surface area (Å²) in [5, 5.41) is 15.0. The number of fused-ring (bicyclic) bond motifs is 1. The molecule has 20 heavy (non-hydrogen) atoms. The second-order valence-corrected chi connectivity index (χ2v) is 5.31. The molecule has 1 fully saturated rings. The highest BCUT2D eigenvalue weighted by Gasteiger charge is 2.67. The predicted octanol–water partition coefficient (Wildman–Crippen LogP) is 3.21. The van der Waals surface area contributed by atoms with Crippen LogP contribution in [-0.2, 0) is 0 Å². The molecule has 2 atom stereocenters. The first-order valence-corrected chi connectivity index (χ1v) is 6.57. The van der Waals surface area contributed by atoms with Gasteiger partial charge in [0.25, 0.3) is 5.72 Å². The van der Waals surface area contributed by atoms with Gasteiger partial charge in [-0.15, -0.1) is 0 Å². The van der Waals surface area contributed by atoms with Crippen LogP contribution in [0, 0.1) is 12.8 Å². The van der Waals surface area contributed by atoms with Crippen molar-refractivity contribution in [1.82, 2.24) is 0 Å². The monoisotopic (exact) mass is 288 g/mol. The van der Waals surface area contributed by atoms with Crippen LogP contribution in [0.4, 0.5) is 19.1 Å². The van der Waals surface area contributed by atoms with E-state index in [1.807, 2.05) is 0 Å². The number of hydrogen-bond acceptors (Lipinski definition) is 4. The lowest BCUT2D eigenvalue weighted by Gasteiger charge is -2.38. The molecule has 2 aliphatic rings. The second-order valence-electron chi connectivity index (χ2n) is 5.31. The number of aliphatic hydroxyl groups is 1. The lowest BCUT2D eigenvalue weighted by Crippen LogP contribution is -2.60. The number of aryl methyl sites for hydroxylation is 1. The van der Waals surface area contributed by atoms with E-state index in [1.54, 1.807) is 13.0 Å². The lowest BCUT2D eigenvalue weighted by atomic mass is 9.80. The molecule has 1 aromatic heterocycles. The average molecular weight is 288 g/mol. The van der Waals surface area contributed by atoms with Gasteiger partial charge in [0, 0.05) is 11.8 Å². The van der Waals surface area contributed by atoms with E-state index < -0.39 is 17.8 Å². The zero-order chi connectivity index (χ0) is 14.5. The van der Waals surface area contributed by atoms with Crippen LogP contribution in [0.15, 0.2) is 21.7 Å². The van der Waals surface area contributed by atoms with E-state index in [4.69, 9.17) is 4.42 Å². The van der Waals surface area contributed by atoms with Crippen LogP contribution in [0.2, 0.25) is 0 Å². The molecule has 0 amide bonds. The molecule has 3 rings (SSSR count). The molecular formula is C13H15F3N2O2. The van der Waals surface area contributed by atoms with Crippen LogP contribution in [0.1, 0.15) is 31.4 Å². The first kappa shape index (κ1) is 13.5. The van der Waals surface area contributed by atoms with Crippen molar-refractivity contribution in [3.8, 4) is 0 Å². The van der Waals surface area contributed by atoms with Gasteiger partial charge in [-0.3, -0.25) is 0 Å². The van der Waals surface area contributed by atoms with Gasteiger partial charge in [0.05, 0.1) is 5.92 Å². The number of halogens is 3. The molecule has 1 aliphatic heterocycles. The first-order chi connectivity index (χ1) is 9.34. The number of nitrogens with zero attached hydrogens (tertiary/aromatic N) is 2. The predicted molar refractivity (Wildman–Crippen MR) is 66.3 cm³/mol.